The lowest BCUT2D eigenvalue weighted by Crippen LogP contribution is -2.34. The van der Waals surface area contributed by atoms with Crippen molar-refractivity contribution in [2.45, 2.75) is 13.0 Å². The Kier molecular flexibility index (Phi) is 5.83. The van der Waals surface area contributed by atoms with Crippen LogP contribution in [0.5, 0.6) is 0 Å². The normalized spacial score (nSPS) is 12.5. The highest BCUT2D eigenvalue weighted by Gasteiger charge is 2.14. The van der Waals surface area contributed by atoms with Crippen LogP contribution in [0.4, 0.5) is 14.5 Å². The second kappa shape index (κ2) is 8.05. The maximum atomic E-state index is 13.5. The largest absolute Gasteiger partial charge is 0.478 e. The second-order valence-corrected chi connectivity index (χ2v) is 5.16. The Bertz CT molecular complexity index is 716. The summed E-state index contributed by atoms with van der Waals surface area (Å²) in [5.74, 6) is -2.50. The van der Waals surface area contributed by atoms with Crippen molar-refractivity contribution in [3.63, 3.8) is 0 Å². The van der Waals surface area contributed by atoms with Crippen molar-refractivity contribution in [3.05, 3.63) is 65.7 Å². The Morgan fingerprint density at radius 2 is 1.83 bits per heavy atom. The van der Waals surface area contributed by atoms with Crippen molar-refractivity contribution < 1.29 is 23.4 Å². The molecule has 3 N–H and O–H groups in total. The van der Waals surface area contributed by atoms with E-state index in [0.717, 1.165) is 23.8 Å². The lowest BCUT2D eigenvalue weighted by atomic mass is 10.1. The van der Waals surface area contributed by atoms with E-state index in [0.29, 0.717) is 0 Å². The Labute approximate surface area is 138 Å². The Hall–Kier alpha value is -2.96. The summed E-state index contributed by atoms with van der Waals surface area (Å²) in [5.41, 5.74) is 4.23. The van der Waals surface area contributed by atoms with Crippen LogP contribution in [0, 0.1) is 11.6 Å². The van der Waals surface area contributed by atoms with Gasteiger partial charge in [0.1, 0.15) is 11.6 Å². The van der Waals surface area contributed by atoms with Gasteiger partial charge in [-0.1, -0.05) is 30.3 Å². The molecule has 2 aromatic carbocycles. The van der Waals surface area contributed by atoms with Crippen molar-refractivity contribution in [2.24, 2.45) is 0 Å². The van der Waals surface area contributed by atoms with Crippen molar-refractivity contribution in [1.82, 2.24) is 10.7 Å². The number of hydrazine groups is 1. The maximum absolute atomic E-state index is 13.5. The fraction of sp³-hybridized carbons (Fsp3) is 0.176. The molecule has 0 aromatic heterocycles. The minimum Gasteiger partial charge on any atom is -0.478 e. The third-order valence-corrected chi connectivity index (χ3v) is 3.23. The molecule has 7 heteroatoms. The summed E-state index contributed by atoms with van der Waals surface area (Å²) in [6.45, 7) is 1.55. The van der Waals surface area contributed by atoms with E-state index in [4.69, 9.17) is 5.11 Å². The fourth-order valence-electron chi connectivity index (χ4n) is 2.11. The number of hydrogen-bond acceptors (Lipinski definition) is 2. The van der Waals surface area contributed by atoms with Gasteiger partial charge in [-0.15, -0.1) is 4.68 Å². The highest BCUT2D eigenvalue weighted by Crippen LogP contribution is 2.17. The van der Waals surface area contributed by atoms with Crippen LogP contribution in [0.2, 0.25) is 0 Å². The predicted molar refractivity (Wildman–Crippen MR) is 86.0 cm³/mol. The minimum atomic E-state index is -1.05. The van der Waals surface area contributed by atoms with Crippen LogP contribution in [0.25, 0.3) is 0 Å². The van der Waals surface area contributed by atoms with E-state index in [9.17, 15) is 13.6 Å². The number of carboxylic acids is 1. The van der Waals surface area contributed by atoms with Crippen molar-refractivity contribution in [1.29, 1.82) is 0 Å². The van der Waals surface area contributed by atoms with Crippen LogP contribution in [0.1, 0.15) is 18.5 Å². The summed E-state index contributed by atoms with van der Waals surface area (Å²) in [6, 6.07) is 12.3. The smallest absolute Gasteiger partial charge is 0.345 e. The van der Waals surface area contributed by atoms with Crippen LogP contribution in [0.15, 0.2) is 48.5 Å². The van der Waals surface area contributed by atoms with Gasteiger partial charge >= 0.3 is 5.97 Å². The maximum Gasteiger partial charge on any atom is 0.345 e. The van der Waals surface area contributed by atoms with Gasteiger partial charge in [-0.3, -0.25) is 5.32 Å². The highest BCUT2D eigenvalue weighted by molar-refractivity contribution is 5.72. The second-order valence-electron chi connectivity index (χ2n) is 5.16. The summed E-state index contributed by atoms with van der Waals surface area (Å²) in [6.07, 6.45) is 1.32. The van der Waals surface area contributed by atoms with Gasteiger partial charge in [-0.2, -0.15) is 0 Å². The van der Waals surface area contributed by atoms with E-state index in [1.165, 1.54) is 11.0 Å². The summed E-state index contributed by atoms with van der Waals surface area (Å²) < 4.78 is 28.3. The number of halogens is 2. The predicted octanol–water partition coefficient (Wildman–Crippen LogP) is 2.58. The zero-order chi connectivity index (χ0) is 17.5. The van der Waals surface area contributed by atoms with E-state index in [1.54, 1.807) is 0 Å². The number of nitrogens with one attached hydrogen (secondary N) is 2. The number of aliphatic carboxylic acids is 1. The molecule has 0 aliphatic rings. The third kappa shape index (κ3) is 5.05. The van der Waals surface area contributed by atoms with E-state index in [1.807, 2.05) is 37.3 Å². The monoisotopic (exact) mass is 334 g/mol. The highest BCUT2D eigenvalue weighted by atomic mass is 19.1. The van der Waals surface area contributed by atoms with Gasteiger partial charge in [-0.25, -0.2) is 19.0 Å². The van der Waals surface area contributed by atoms with Gasteiger partial charge in [0.05, 0.1) is 6.04 Å². The van der Waals surface area contributed by atoms with Crippen LogP contribution in [0.3, 0.4) is 0 Å². The standard InChI is InChI=1S/C17H17F2N3O2/c1-12(13-5-3-2-4-6-13)21-22(11-20-10-17(23)24)16-8-14(18)7-15(19)9-16/h2-9,11-12,21H,10H2,1H3,(H,23,24)/p+1/t12-/m0/s1. The van der Waals surface area contributed by atoms with Gasteiger partial charge in [0.25, 0.3) is 6.34 Å². The molecule has 1 atom stereocenters. The lowest BCUT2D eigenvalue weighted by Gasteiger charge is -2.16. The SMILES string of the molecule is C[C@H](N[N+](=CNCC(=O)O)c1cc(F)cc(F)c1)c1ccccc1. The molecular formula is C17H18F2N3O2+. The molecule has 0 aliphatic carbocycles. The van der Waals surface area contributed by atoms with E-state index >= 15 is 0 Å². The first-order valence-electron chi connectivity index (χ1n) is 7.30. The molecule has 5 nitrogen and oxygen atoms in total. The molecular weight excluding hydrogens is 316 g/mol. The number of benzene rings is 2. The van der Waals surface area contributed by atoms with E-state index < -0.39 is 17.6 Å². The zero-order valence-corrected chi connectivity index (χ0v) is 13.0. The third-order valence-electron chi connectivity index (χ3n) is 3.23. The van der Waals surface area contributed by atoms with Crippen LogP contribution in [-0.2, 0) is 4.79 Å². The van der Waals surface area contributed by atoms with Gasteiger partial charge in [0.15, 0.2) is 12.2 Å². The molecule has 0 unspecified atom stereocenters. The number of hydrogen-bond donors (Lipinski definition) is 3. The summed E-state index contributed by atoms with van der Waals surface area (Å²) in [4.78, 5) is 10.6. The summed E-state index contributed by atoms with van der Waals surface area (Å²) in [5, 5.41) is 11.3. The summed E-state index contributed by atoms with van der Waals surface area (Å²) >= 11 is 0. The molecule has 0 fully saturated rings. The fourth-order valence-corrected chi connectivity index (χ4v) is 2.11. The quantitative estimate of drug-likeness (QED) is 0.315. The van der Waals surface area contributed by atoms with Crippen LogP contribution >= 0.6 is 0 Å². The Morgan fingerprint density at radius 1 is 1.21 bits per heavy atom. The van der Waals surface area contributed by atoms with Crippen molar-refractivity contribution >= 4 is 18.0 Å². The number of hydrazone groups is 1. The molecule has 0 radical (unpaired) electrons. The molecule has 0 aliphatic heterocycles. The molecule has 2 rings (SSSR count). The molecule has 2 aromatic rings. The molecule has 0 heterocycles. The van der Waals surface area contributed by atoms with E-state index in [-0.39, 0.29) is 18.3 Å². The minimum absolute atomic E-state index is 0.180. The molecule has 126 valence electrons. The number of nitrogens with zero attached hydrogens (tertiary/aromatic N) is 1. The van der Waals surface area contributed by atoms with Crippen LogP contribution < -0.4 is 10.7 Å². The van der Waals surface area contributed by atoms with Crippen LogP contribution in [-0.4, -0.2) is 28.6 Å². The topological polar surface area (TPSA) is 64.4 Å². The number of carboxylic acid groups (broad SMARTS) is 1. The Morgan fingerprint density at radius 3 is 2.42 bits per heavy atom. The van der Waals surface area contributed by atoms with Crippen molar-refractivity contribution in [3.8, 4) is 0 Å². The number of carbonyl (C=O) groups is 1. The first kappa shape index (κ1) is 17.4. The first-order valence-corrected chi connectivity index (χ1v) is 7.30. The first-order chi connectivity index (χ1) is 11.5. The van der Waals surface area contributed by atoms with Gasteiger partial charge in [0.2, 0.25) is 0 Å². The number of rotatable bonds is 7. The Balaban J connectivity index is 2.27. The van der Waals surface area contributed by atoms with Gasteiger partial charge in [-0.05, 0) is 12.5 Å². The summed E-state index contributed by atoms with van der Waals surface area (Å²) in [7, 11) is 0. The van der Waals surface area contributed by atoms with Gasteiger partial charge < -0.3 is 5.11 Å². The lowest BCUT2D eigenvalue weighted by molar-refractivity contribution is -0.512. The average molecular weight is 334 g/mol. The zero-order valence-electron chi connectivity index (χ0n) is 13.0. The molecule has 0 spiro atoms. The molecule has 0 saturated carbocycles. The van der Waals surface area contributed by atoms with Gasteiger partial charge in [0, 0.05) is 18.2 Å². The molecule has 24 heavy (non-hydrogen) atoms. The van der Waals surface area contributed by atoms with E-state index in [2.05, 4.69) is 10.7 Å². The molecule has 0 bridgehead atoms. The molecule has 0 amide bonds. The average Bonchev–Trinajstić information content (AvgIpc) is 2.53. The van der Waals surface area contributed by atoms with Crippen molar-refractivity contribution in [2.75, 3.05) is 6.54 Å². The molecule has 0 saturated heterocycles.